The van der Waals surface area contributed by atoms with Crippen LogP contribution in [0.3, 0.4) is 0 Å². The minimum atomic E-state index is 0.224. The molecular weight excluding hydrogens is 290 g/mol. The van der Waals surface area contributed by atoms with Crippen LogP contribution in [-0.4, -0.2) is 35.7 Å². The summed E-state index contributed by atoms with van der Waals surface area (Å²) >= 11 is 4.88. The second kappa shape index (κ2) is 5.49. The number of likely N-dealkylation sites (N-methyl/N-ethyl adjacent to an activating group) is 1. The van der Waals surface area contributed by atoms with Crippen molar-refractivity contribution in [3.8, 4) is 0 Å². The highest BCUT2D eigenvalue weighted by molar-refractivity contribution is 7.78. The molecule has 0 aromatic heterocycles. The fourth-order valence-corrected chi connectivity index (χ4v) is 4.02. The van der Waals surface area contributed by atoms with Crippen LogP contribution in [0.5, 0.6) is 0 Å². The number of hydrogen-bond acceptors (Lipinski definition) is 3. The molecule has 0 amide bonds. The molecule has 22 heavy (non-hydrogen) atoms. The van der Waals surface area contributed by atoms with E-state index < -0.39 is 0 Å². The van der Waals surface area contributed by atoms with E-state index in [9.17, 15) is 0 Å². The van der Waals surface area contributed by atoms with E-state index in [-0.39, 0.29) is 6.10 Å². The molecule has 1 fully saturated rings. The lowest BCUT2D eigenvalue weighted by atomic mass is 9.93. The van der Waals surface area contributed by atoms with Gasteiger partial charge in [0.05, 0.1) is 6.04 Å². The Bertz CT molecular complexity index is 754. The molecule has 2 aromatic rings. The van der Waals surface area contributed by atoms with Gasteiger partial charge in [0.15, 0.2) is 0 Å². The lowest BCUT2D eigenvalue weighted by Crippen LogP contribution is -2.38. The van der Waals surface area contributed by atoms with Crippen molar-refractivity contribution >= 4 is 34.1 Å². The third-order valence-corrected chi connectivity index (χ3v) is 5.23. The van der Waals surface area contributed by atoms with Crippen molar-refractivity contribution in [1.82, 2.24) is 4.90 Å². The maximum Gasteiger partial charge on any atom is 0.146 e. The predicted octanol–water partition coefficient (Wildman–Crippen LogP) is 4.04. The molecule has 2 nitrogen and oxygen atoms in total. The summed E-state index contributed by atoms with van der Waals surface area (Å²) in [6.07, 6.45) is 4.69. The molecule has 0 radical (unpaired) electrons. The highest BCUT2D eigenvalue weighted by Crippen LogP contribution is 2.39. The first-order valence-corrected chi connectivity index (χ1v) is 8.24. The molecule has 3 atom stereocenters. The lowest BCUT2D eigenvalue weighted by Gasteiger charge is -2.31. The molecule has 4 rings (SSSR count). The molecule has 2 heterocycles. The van der Waals surface area contributed by atoms with Crippen molar-refractivity contribution in [2.45, 2.75) is 31.0 Å². The van der Waals surface area contributed by atoms with Gasteiger partial charge in [0, 0.05) is 12.5 Å². The van der Waals surface area contributed by atoms with E-state index in [0.29, 0.717) is 12.1 Å². The Morgan fingerprint density at radius 2 is 2.00 bits per heavy atom. The van der Waals surface area contributed by atoms with E-state index in [0.717, 1.165) is 12.8 Å². The first-order valence-electron chi connectivity index (χ1n) is 7.77. The second-order valence-electron chi connectivity index (χ2n) is 6.26. The summed E-state index contributed by atoms with van der Waals surface area (Å²) in [5.74, 6) is 0. The van der Waals surface area contributed by atoms with E-state index in [4.69, 9.17) is 17.0 Å². The fraction of sp³-hybridized carbons (Fsp3) is 0.316. The summed E-state index contributed by atoms with van der Waals surface area (Å²) in [5.41, 5.74) is 4.20. The molecule has 2 bridgehead atoms. The first-order chi connectivity index (χ1) is 10.8. The second-order valence-corrected chi connectivity index (χ2v) is 6.46. The van der Waals surface area contributed by atoms with Crippen LogP contribution in [0.1, 0.15) is 18.4 Å². The number of rotatable bonds is 3. The Labute approximate surface area is 136 Å². The van der Waals surface area contributed by atoms with Crippen LogP contribution in [0.2, 0.25) is 0 Å². The van der Waals surface area contributed by atoms with E-state index in [1.165, 1.54) is 27.5 Å². The standard InChI is InChI=1S/C19H19NOS/c1-20-17-9-16(10-18(20)19(11-17)21-12-22)15-7-6-13-4-2-3-5-14(13)8-15/h2-9,12,17-19H,10-11H2,1H3. The maximum absolute atomic E-state index is 5.66. The number of nitrogens with zero attached hydrogens (tertiary/aromatic N) is 1. The van der Waals surface area contributed by atoms with Gasteiger partial charge in [-0.25, -0.2) is 0 Å². The molecule has 0 spiro atoms. The molecule has 0 saturated carbocycles. The Morgan fingerprint density at radius 1 is 1.18 bits per heavy atom. The van der Waals surface area contributed by atoms with Crippen LogP contribution in [0, 0.1) is 0 Å². The zero-order chi connectivity index (χ0) is 15.1. The number of fused-ring (bicyclic) bond motifs is 3. The molecule has 0 N–H and O–H groups in total. The monoisotopic (exact) mass is 309 g/mol. The van der Waals surface area contributed by atoms with Crippen molar-refractivity contribution in [3.63, 3.8) is 0 Å². The van der Waals surface area contributed by atoms with Crippen LogP contribution in [-0.2, 0) is 4.74 Å². The summed E-state index contributed by atoms with van der Waals surface area (Å²) in [7, 11) is 2.19. The van der Waals surface area contributed by atoms with Crippen LogP contribution >= 0.6 is 12.2 Å². The van der Waals surface area contributed by atoms with Gasteiger partial charge >= 0.3 is 0 Å². The van der Waals surface area contributed by atoms with Gasteiger partial charge in [-0.2, -0.15) is 0 Å². The fourth-order valence-electron chi connectivity index (χ4n) is 3.88. The van der Waals surface area contributed by atoms with Gasteiger partial charge in [0.25, 0.3) is 0 Å². The minimum absolute atomic E-state index is 0.224. The average Bonchev–Trinajstić information content (AvgIpc) is 2.73. The SMILES string of the molecule is CN1C2C=C(c3ccc4ccccc4c3)CC1C(OC=S)C2. The topological polar surface area (TPSA) is 12.5 Å². The Morgan fingerprint density at radius 3 is 2.82 bits per heavy atom. The van der Waals surface area contributed by atoms with Gasteiger partial charge in [-0.3, -0.25) is 4.90 Å². The number of ether oxygens (including phenoxy) is 1. The molecule has 2 aliphatic heterocycles. The maximum atomic E-state index is 5.66. The molecular formula is C19H19NOS. The Balaban J connectivity index is 1.68. The smallest absolute Gasteiger partial charge is 0.146 e. The van der Waals surface area contributed by atoms with Gasteiger partial charge in [-0.05, 0) is 53.7 Å². The lowest BCUT2D eigenvalue weighted by molar-refractivity contribution is 0.147. The third-order valence-electron chi connectivity index (χ3n) is 5.12. The van der Waals surface area contributed by atoms with Crippen LogP contribution < -0.4 is 0 Å². The van der Waals surface area contributed by atoms with Crippen LogP contribution in [0.4, 0.5) is 0 Å². The van der Waals surface area contributed by atoms with Gasteiger partial charge in [0.2, 0.25) is 0 Å². The van der Waals surface area contributed by atoms with E-state index in [1.54, 1.807) is 0 Å². The van der Waals surface area contributed by atoms with Crippen molar-refractivity contribution in [2.24, 2.45) is 0 Å². The Kier molecular flexibility index (Phi) is 3.47. The summed E-state index contributed by atoms with van der Waals surface area (Å²) in [4.78, 5) is 2.42. The van der Waals surface area contributed by atoms with Crippen molar-refractivity contribution in [3.05, 3.63) is 54.1 Å². The molecule has 3 unspecified atom stereocenters. The molecule has 1 saturated heterocycles. The predicted molar refractivity (Wildman–Crippen MR) is 95.0 cm³/mol. The largest absolute Gasteiger partial charge is 0.485 e. The average molecular weight is 309 g/mol. The molecule has 2 aliphatic rings. The van der Waals surface area contributed by atoms with Crippen LogP contribution in [0.15, 0.2) is 48.5 Å². The highest BCUT2D eigenvalue weighted by atomic mass is 32.1. The molecule has 112 valence electrons. The van der Waals surface area contributed by atoms with Crippen LogP contribution in [0.25, 0.3) is 16.3 Å². The van der Waals surface area contributed by atoms with Crippen molar-refractivity contribution in [1.29, 1.82) is 0 Å². The van der Waals surface area contributed by atoms with E-state index in [2.05, 4.69) is 60.5 Å². The quantitative estimate of drug-likeness (QED) is 0.794. The normalized spacial score (nSPS) is 27.7. The van der Waals surface area contributed by atoms with E-state index in [1.807, 2.05) is 0 Å². The zero-order valence-corrected chi connectivity index (χ0v) is 13.4. The molecule has 2 aromatic carbocycles. The summed E-state index contributed by atoms with van der Waals surface area (Å²) in [5, 5.41) is 2.60. The zero-order valence-electron chi connectivity index (χ0n) is 12.6. The van der Waals surface area contributed by atoms with Gasteiger partial charge in [-0.1, -0.05) is 42.5 Å². The number of hydrogen-bond donors (Lipinski definition) is 0. The first kappa shape index (κ1) is 13.9. The summed E-state index contributed by atoms with van der Waals surface area (Å²) < 4.78 is 5.66. The number of thiocarbonyl (C=S) groups is 1. The Hall–Kier alpha value is -1.71. The summed E-state index contributed by atoms with van der Waals surface area (Å²) in [6, 6.07) is 16.2. The molecule has 0 aliphatic carbocycles. The summed E-state index contributed by atoms with van der Waals surface area (Å²) in [6.45, 7) is 0. The minimum Gasteiger partial charge on any atom is -0.485 e. The molecule has 3 heteroatoms. The van der Waals surface area contributed by atoms with Gasteiger partial charge in [0.1, 0.15) is 11.7 Å². The third kappa shape index (κ3) is 2.25. The highest BCUT2D eigenvalue weighted by Gasteiger charge is 2.42. The van der Waals surface area contributed by atoms with Crippen molar-refractivity contribution in [2.75, 3.05) is 7.05 Å². The van der Waals surface area contributed by atoms with Crippen molar-refractivity contribution < 1.29 is 4.74 Å². The van der Waals surface area contributed by atoms with E-state index >= 15 is 0 Å². The van der Waals surface area contributed by atoms with Gasteiger partial charge in [-0.15, -0.1) is 0 Å². The number of benzene rings is 2. The van der Waals surface area contributed by atoms with Gasteiger partial charge < -0.3 is 4.74 Å².